The molecule has 0 spiro atoms. The van der Waals surface area contributed by atoms with Gasteiger partial charge in [0.05, 0.1) is 7.11 Å². The lowest BCUT2D eigenvalue weighted by Gasteiger charge is -2.27. The molecule has 1 aromatic heterocycles. The molecule has 18 heavy (non-hydrogen) atoms. The van der Waals surface area contributed by atoms with E-state index in [9.17, 15) is 4.79 Å². The molecule has 4 nitrogen and oxygen atoms in total. The maximum Gasteiger partial charge on any atom is 0.328 e. The molecule has 0 amide bonds. The van der Waals surface area contributed by atoms with Crippen LogP contribution in [0, 0.1) is 5.41 Å². The average molecular weight is 250 g/mol. The van der Waals surface area contributed by atoms with Crippen LogP contribution in [-0.4, -0.2) is 22.6 Å². The number of ether oxygens (including phenoxy) is 1. The first-order valence-electron chi connectivity index (χ1n) is 6.55. The smallest absolute Gasteiger partial charge is 0.328 e. The van der Waals surface area contributed by atoms with E-state index in [1.807, 2.05) is 6.20 Å². The van der Waals surface area contributed by atoms with Gasteiger partial charge in [-0.15, -0.1) is 0 Å². The predicted octanol–water partition coefficient (Wildman–Crippen LogP) is 2.52. The normalized spacial score (nSPS) is 19.4. The van der Waals surface area contributed by atoms with Crippen LogP contribution in [0.1, 0.15) is 51.2 Å². The number of rotatable bonds is 2. The van der Waals surface area contributed by atoms with Crippen LogP contribution in [0.4, 0.5) is 0 Å². The van der Waals surface area contributed by atoms with Crippen LogP contribution >= 0.6 is 0 Å². The zero-order valence-electron chi connectivity index (χ0n) is 11.7. The Morgan fingerprint density at radius 1 is 1.56 bits per heavy atom. The number of aromatic nitrogens is 2. The molecular formula is C14H22N2O2. The molecule has 4 heteroatoms. The van der Waals surface area contributed by atoms with Crippen LogP contribution in [0.15, 0.2) is 6.20 Å². The van der Waals surface area contributed by atoms with Crippen molar-refractivity contribution in [3.63, 3.8) is 0 Å². The summed E-state index contributed by atoms with van der Waals surface area (Å²) >= 11 is 0. The Morgan fingerprint density at radius 3 is 2.89 bits per heavy atom. The Kier molecular flexibility index (Phi) is 3.46. The molecule has 1 aliphatic rings. The third-order valence-electron chi connectivity index (χ3n) is 3.33. The molecule has 0 bridgehead atoms. The quantitative estimate of drug-likeness (QED) is 0.758. The summed E-state index contributed by atoms with van der Waals surface area (Å²) in [5.41, 5.74) is 1.33. The van der Waals surface area contributed by atoms with Crippen LogP contribution in [0.2, 0.25) is 0 Å². The number of carbonyl (C=O) groups is 1. The lowest BCUT2D eigenvalue weighted by molar-refractivity contribution is -0.145. The highest BCUT2D eigenvalue weighted by Gasteiger charge is 2.30. The van der Waals surface area contributed by atoms with Crippen molar-refractivity contribution in [2.24, 2.45) is 5.41 Å². The Balaban J connectivity index is 2.35. The van der Waals surface area contributed by atoms with Crippen molar-refractivity contribution in [2.45, 2.75) is 52.5 Å². The highest BCUT2D eigenvalue weighted by molar-refractivity contribution is 5.74. The average Bonchev–Trinajstić information content (AvgIpc) is 2.69. The molecular weight excluding hydrogens is 228 g/mol. The minimum Gasteiger partial charge on any atom is -0.467 e. The van der Waals surface area contributed by atoms with Crippen molar-refractivity contribution < 1.29 is 9.53 Å². The number of esters is 1. The van der Waals surface area contributed by atoms with Crippen LogP contribution in [0.25, 0.3) is 0 Å². The van der Waals surface area contributed by atoms with E-state index in [-0.39, 0.29) is 17.4 Å². The van der Waals surface area contributed by atoms with Crippen molar-refractivity contribution >= 4 is 5.97 Å². The molecule has 1 aromatic rings. The maximum atomic E-state index is 11.9. The van der Waals surface area contributed by atoms with E-state index in [2.05, 4.69) is 30.3 Å². The SMILES string of the molecule is COC(=O)C1CCCc2cnc(CC(C)(C)C)n21. The number of imidazole rings is 1. The van der Waals surface area contributed by atoms with E-state index in [0.29, 0.717) is 0 Å². The molecule has 0 radical (unpaired) electrons. The summed E-state index contributed by atoms with van der Waals surface area (Å²) in [6.45, 7) is 6.56. The number of nitrogens with zero attached hydrogens (tertiary/aromatic N) is 2. The largest absolute Gasteiger partial charge is 0.467 e. The number of methoxy groups -OCH3 is 1. The number of hydrogen-bond donors (Lipinski definition) is 0. The Labute approximate surface area is 108 Å². The summed E-state index contributed by atoms with van der Waals surface area (Å²) < 4.78 is 7.01. The van der Waals surface area contributed by atoms with E-state index in [4.69, 9.17) is 4.74 Å². The summed E-state index contributed by atoms with van der Waals surface area (Å²) in [6, 6.07) is -0.182. The van der Waals surface area contributed by atoms with Crippen LogP contribution in [-0.2, 0) is 22.4 Å². The topological polar surface area (TPSA) is 44.1 Å². The van der Waals surface area contributed by atoms with Crippen molar-refractivity contribution in [3.8, 4) is 0 Å². The van der Waals surface area contributed by atoms with Gasteiger partial charge in [-0.05, 0) is 24.7 Å². The third kappa shape index (κ3) is 2.57. The summed E-state index contributed by atoms with van der Waals surface area (Å²) in [5.74, 6) is 0.858. The van der Waals surface area contributed by atoms with Crippen LogP contribution in [0.5, 0.6) is 0 Å². The Morgan fingerprint density at radius 2 is 2.28 bits per heavy atom. The van der Waals surface area contributed by atoms with E-state index in [1.165, 1.54) is 7.11 Å². The van der Waals surface area contributed by atoms with Gasteiger partial charge in [-0.1, -0.05) is 20.8 Å². The van der Waals surface area contributed by atoms with Gasteiger partial charge in [0.2, 0.25) is 0 Å². The molecule has 1 aliphatic heterocycles. The second kappa shape index (κ2) is 4.75. The first kappa shape index (κ1) is 13.1. The number of fused-ring (bicyclic) bond motifs is 1. The van der Waals surface area contributed by atoms with E-state index >= 15 is 0 Å². The van der Waals surface area contributed by atoms with Crippen molar-refractivity contribution in [1.29, 1.82) is 0 Å². The highest BCUT2D eigenvalue weighted by Crippen LogP contribution is 2.30. The molecule has 2 rings (SSSR count). The van der Waals surface area contributed by atoms with Gasteiger partial charge in [0.15, 0.2) is 0 Å². The summed E-state index contributed by atoms with van der Waals surface area (Å²) in [5, 5.41) is 0. The zero-order chi connectivity index (χ0) is 13.3. The molecule has 0 saturated carbocycles. The van der Waals surface area contributed by atoms with Gasteiger partial charge in [0.25, 0.3) is 0 Å². The molecule has 0 aliphatic carbocycles. The van der Waals surface area contributed by atoms with Crippen LogP contribution in [0.3, 0.4) is 0 Å². The standard InChI is InChI=1S/C14H22N2O2/c1-14(2,3)8-12-15-9-10-6-5-7-11(16(10)12)13(17)18-4/h9,11H,5-8H2,1-4H3. The van der Waals surface area contributed by atoms with E-state index in [1.54, 1.807) is 0 Å². The first-order valence-corrected chi connectivity index (χ1v) is 6.55. The summed E-state index contributed by atoms with van der Waals surface area (Å²) in [4.78, 5) is 16.4. The van der Waals surface area contributed by atoms with Gasteiger partial charge in [-0.25, -0.2) is 9.78 Å². The first-order chi connectivity index (χ1) is 8.42. The van der Waals surface area contributed by atoms with Gasteiger partial charge in [-0.3, -0.25) is 0 Å². The van der Waals surface area contributed by atoms with Gasteiger partial charge < -0.3 is 9.30 Å². The minimum atomic E-state index is -0.182. The number of hydrogen-bond acceptors (Lipinski definition) is 3. The zero-order valence-corrected chi connectivity index (χ0v) is 11.7. The second-order valence-electron chi connectivity index (χ2n) is 6.20. The van der Waals surface area contributed by atoms with E-state index in [0.717, 1.165) is 37.2 Å². The van der Waals surface area contributed by atoms with Gasteiger partial charge in [0, 0.05) is 18.3 Å². The van der Waals surface area contributed by atoms with E-state index < -0.39 is 0 Å². The van der Waals surface area contributed by atoms with Gasteiger partial charge in [0.1, 0.15) is 11.9 Å². The maximum absolute atomic E-state index is 11.9. The fraction of sp³-hybridized carbons (Fsp3) is 0.714. The lowest BCUT2D eigenvalue weighted by atomic mass is 9.91. The minimum absolute atomic E-state index is 0.149. The van der Waals surface area contributed by atoms with Crippen molar-refractivity contribution in [2.75, 3.05) is 7.11 Å². The Bertz CT molecular complexity index is 443. The molecule has 0 saturated heterocycles. The number of aryl methyl sites for hydroxylation is 1. The molecule has 0 N–H and O–H groups in total. The molecule has 2 heterocycles. The molecule has 1 unspecified atom stereocenters. The van der Waals surface area contributed by atoms with Gasteiger partial charge >= 0.3 is 5.97 Å². The molecule has 1 atom stereocenters. The molecule has 0 fully saturated rings. The lowest BCUT2D eigenvalue weighted by Crippen LogP contribution is -2.28. The highest BCUT2D eigenvalue weighted by atomic mass is 16.5. The van der Waals surface area contributed by atoms with Crippen molar-refractivity contribution in [1.82, 2.24) is 9.55 Å². The fourth-order valence-corrected chi connectivity index (χ4v) is 2.57. The monoisotopic (exact) mass is 250 g/mol. The summed E-state index contributed by atoms with van der Waals surface area (Å²) in [7, 11) is 1.46. The Hall–Kier alpha value is -1.32. The fourth-order valence-electron chi connectivity index (χ4n) is 2.57. The van der Waals surface area contributed by atoms with Crippen LogP contribution < -0.4 is 0 Å². The second-order valence-corrected chi connectivity index (χ2v) is 6.20. The third-order valence-corrected chi connectivity index (χ3v) is 3.33. The molecule has 0 aromatic carbocycles. The number of carbonyl (C=O) groups excluding carboxylic acids is 1. The van der Waals surface area contributed by atoms with Crippen molar-refractivity contribution in [3.05, 3.63) is 17.7 Å². The predicted molar refractivity (Wildman–Crippen MR) is 69.4 cm³/mol. The summed E-state index contributed by atoms with van der Waals surface area (Å²) in [6.07, 6.45) is 5.68. The molecule has 100 valence electrons. The van der Waals surface area contributed by atoms with Gasteiger partial charge in [-0.2, -0.15) is 0 Å².